The van der Waals surface area contributed by atoms with Crippen molar-refractivity contribution in [1.82, 2.24) is 0 Å². The van der Waals surface area contributed by atoms with Crippen molar-refractivity contribution in [3.05, 3.63) is 89.0 Å². The van der Waals surface area contributed by atoms with E-state index >= 15 is 0 Å². The number of hydrogen-bond acceptors (Lipinski definition) is 13. The normalized spacial score (nSPS) is 19.5. The first-order chi connectivity index (χ1) is 23.1. The number of phenolic OH excluding ortho intramolecular Hbond substituents is 3. The van der Waals surface area contributed by atoms with Gasteiger partial charge in [0, 0.05) is 24.1 Å². The van der Waals surface area contributed by atoms with Crippen LogP contribution in [0.2, 0.25) is 0 Å². The number of phenols is 3. The maximum atomic E-state index is 13.2. The van der Waals surface area contributed by atoms with Crippen LogP contribution in [0.15, 0.2) is 66.7 Å². The van der Waals surface area contributed by atoms with Crippen LogP contribution in [-0.2, 0) is 11.2 Å². The van der Waals surface area contributed by atoms with Crippen molar-refractivity contribution in [1.29, 1.82) is 0 Å². The Balaban J connectivity index is 1.21. The maximum absolute atomic E-state index is 13.2. The Morgan fingerprint density at radius 2 is 1.42 bits per heavy atom. The predicted molar refractivity (Wildman–Crippen MR) is 166 cm³/mol. The van der Waals surface area contributed by atoms with Crippen LogP contribution in [0.1, 0.15) is 45.7 Å². The summed E-state index contributed by atoms with van der Waals surface area (Å²) in [7, 11) is 2.82. The van der Waals surface area contributed by atoms with E-state index in [2.05, 4.69) is 0 Å². The second-order valence-corrected chi connectivity index (χ2v) is 11.2. The SMILES string of the molecule is COc1cc(CCC(=O)Oc2cc(O)c3c(c2)O[C@H](c2ccc4c(c2)OC(c2ccc(O)c(OC)c2)C(CO)O4)[C@@H](O)C3=O)ccc1O. The van der Waals surface area contributed by atoms with Crippen molar-refractivity contribution < 1.29 is 63.5 Å². The molecule has 0 aromatic heterocycles. The number of aromatic hydroxyl groups is 3. The minimum Gasteiger partial charge on any atom is -0.507 e. The zero-order chi connectivity index (χ0) is 34.1. The second kappa shape index (κ2) is 13.2. The number of hydrogen-bond donors (Lipinski definition) is 5. The van der Waals surface area contributed by atoms with Gasteiger partial charge in [0.15, 0.2) is 58.9 Å². The van der Waals surface area contributed by atoms with Gasteiger partial charge in [-0.05, 0) is 53.9 Å². The summed E-state index contributed by atoms with van der Waals surface area (Å²) in [6, 6.07) is 16.3. The number of carbonyl (C=O) groups is 2. The van der Waals surface area contributed by atoms with Gasteiger partial charge in [0.1, 0.15) is 22.8 Å². The average molecular weight is 661 g/mol. The molecule has 48 heavy (non-hydrogen) atoms. The number of aryl methyl sites for hydroxylation is 1. The van der Waals surface area contributed by atoms with Gasteiger partial charge in [0.2, 0.25) is 5.78 Å². The van der Waals surface area contributed by atoms with Crippen LogP contribution in [0, 0.1) is 0 Å². The number of Topliss-reactive ketones (excluding diaryl/α,β-unsaturated/α-hetero) is 1. The van der Waals surface area contributed by atoms with Gasteiger partial charge in [-0.25, -0.2) is 0 Å². The fourth-order valence-electron chi connectivity index (χ4n) is 5.63. The largest absolute Gasteiger partial charge is 0.507 e. The molecule has 2 aliphatic heterocycles. The van der Waals surface area contributed by atoms with E-state index in [9.17, 15) is 35.1 Å². The molecule has 0 fully saturated rings. The summed E-state index contributed by atoms with van der Waals surface area (Å²) in [5, 5.41) is 51.4. The van der Waals surface area contributed by atoms with E-state index in [4.69, 9.17) is 28.4 Å². The Bertz CT molecular complexity index is 1870. The molecule has 0 saturated carbocycles. The molecule has 4 aromatic rings. The Morgan fingerprint density at radius 3 is 2.15 bits per heavy atom. The van der Waals surface area contributed by atoms with Gasteiger partial charge in [-0.3, -0.25) is 9.59 Å². The van der Waals surface area contributed by atoms with Crippen molar-refractivity contribution in [3.8, 4) is 51.7 Å². The molecule has 5 N–H and O–H groups in total. The number of methoxy groups -OCH3 is 2. The van der Waals surface area contributed by atoms with Gasteiger partial charge in [-0.15, -0.1) is 0 Å². The second-order valence-electron chi connectivity index (χ2n) is 11.2. The first-order valence-electron chi connectivity index (χ1n) is 14.9. The summed E-state index contributed by atoms with van der Waals surface area (Å²) in [6.07, 6.45) is -4.31. The number of aliphatic hydroxyl groups is 2. The minimum absolute atomic E-state index is 0.0303. The van der Waals surface area contributed by atoms with Crippen LogP contribution in [-0.4, -0.2) is 70.3 Å². The number of ether oxygens (including phenoxy) is 6. The molecule has 2 heterocycles. The van der Waals surface area contributed by atoms with E-state index < -0.39 is 41.9 Å². The van der Waals surface area contributed by atoms with E-state index in [0.29, 0.717) is 16.9 Å². The number of fused-ring (bicyclic) bond motifs is 2. The Kier molecular flexibility index (Phi) is 8.89. The first kappa shape index (κ1) is 32.3. The van der Waals surface area contributed by atoms with Crippen molar-refractivity contribution in [3.63, 3.8) is 0 Å². The summed E-state index contributed by atoms with van der Waals surface area (Å²) in [4.78, 5) is 25.9. The van der Waals surface area contributed by atoms with Gasteiger partial charge < -0.3 is 54.0 Å². The van der Waals surface area contributed by atoms with E-state index in [1.807, 2.05) is 0 Å². The van der Waals surface area contributed by atoms with E-state index in [1.54, 1.807) is 36.4 Å². The molecular formula is C35H32O13. The highest BCUT2D eigenvalue weighted by Crippen LogP contribution is 2.46. The van der Waals surface area contributed by atoms with E-state index in [1.165, 1.54) is 38.5 Å². The van der Waals surface area contributed by atoms with Crippen LogP contribution in [0.5, 0.6) is 51.7 Å². The maximum Gasteiger partial charge on any atom is 0.311 e. The molecule has 2 aliphatic rings. The van der Waals surface area contributed by atoms with Crippen LogP contribution in [0.4, 0.5) is 0 Å². The topological polar surface area (TPSA) is 191 Å². The molecule has 0 saturated heterocycles. The van der Waals surface area contributed by atoms with Crippen LogP contribution >= 0.6 is 0 Å². The molecule has 0 amide bonds. The zero-order valence-corrected chi connectivity index (χ0v) is 25.8. The number of aliphatic hydroxyl groups excluding tert-OH is 2. The molecule has 4 atom stereocenters. The smallest absolute Gasteiger partial charge is 0.311 e. The molecule has 0 radical (unpaired) electrons. The fourth-order valence-corrected chi connectivity index (χ4v) is 5.63. The molecule has 250 valence electrons. The molecule has 6 rings (SSSR count). The lowest BCUT2D eigenvalue weighted by Crippen LogP contribution is -2.37. The third-order valence-electron chi connectivity index (χ3n) is 8.08. The van der Waals surface area contributed by atoms with Crippen LogP contribution in [0.3, 0.4) is 0 Å². The third kappa shape index (κ3) is 6.20. The van der Waals surface area contributed by atoms with Crippen LogP contribution < -0.4 is 28.4 Å². The number of esters is 1. The van der Waals surface area contributed by atoms with Crippen molar-refractivity contribution in [2.75, 3.05) is 20.8 Å². The number of benzene rings is 4. The average Bonchev–Trinajstić information content (AvgIpc) is 3.08. The highest BCUT2D eigenvalue weighted by molar-refractivity contribution is 6.05. The number of ketones is 1. The standard InChI is InChI=1S/C35H32O13/c1-43-25-11-17(3-7-21(25)37)4-10-30(40)45-20-14-23(39)31-28(15-20)48-35(33(42)32(31)41)19-6-9-24-27(13-19)47-34(29(16-36)46-24)18-5-8-22(38)26(12-18)44-2/h3,5-9,11-15,29,33-39,42H,4,10,16H2,1-2H3/t29?,33-,34?,35+/m0/s1. The summed E-state index contributed by atoms with van der Waals surface area (Å²) in [6.45, 7) is -0.382. The number of rotatable bonds is 9. The van der Waals surface area contributed by atoms with Crippen molar-refractivity contribution >= 4 is 11.8 Å². The first-order valence-corrected chi connectivity index (χ1v) is 14.9. The summed E-state index contributed by atoms with van der Waals surface area (Å²) >= 11 is 0. The van der Waals surface area contributed by atoms with Crippen molar-refractivity contribution in [2.24, 2.45) is 0 Å². The quantitative estimate of drug-likeness (QED) is 0.128. The predicted octanol–water partition coefficient (Wildman–Crippen LogP) is 3.91. The Morgan fingerprint density at radius 1 is 0.750 bits per heavy atom. The Labute approximate surface area is 274 Å². The van der Waals surface area contributed by atoms with Gasteiger partial charge in [0.05, 0.1) is 20.8 Å². The minimum atomic E-state index is -1.70. The highest BCUT2D eigenvalue weighted by atomic mass is 16.6. The van der Waals surface area contributed by atoms with Crippen LogP contribution in [0.25, 0.3) is 0 Å². The Hall–Kier alpha value is -5.66. The molecule has 4 aromatic carbocycles. The van der Waals surface area contributed by atoms with Crippen molar-refractivity contribution in [2.45, 2.75) is 37.3 Å². The third-order valence-corrected chi connectivity index (χ3v) is 8.08. The van der Waals surface area contributed by atoms with E-state index in [-0.39, 0.29) is 65.3 Å². The highest BCUT2D eigenvalue weighted by Gasteiger charge is 2.41. The lowest BCUT2D eigenvalue weighted by atomic mass is 9.92. The summed E-state index contributed by atoms with van der Waals surface area (Å²) in [5.41, 5.74) is 1.35. The molecule has 0 spiro atoms. The lowest BCUT2D eigenvalue weighted by molar-refractivity contribution is -0.134. The molecule has 13 heteroatoms. The lowest BCUT2D eigenvalue weighted by Gasteiger charge is -2.35. The summed E-state index contributed by atoms with van der Waals surface area (Å²) < 4.78 is 33.9. The fraction of sp³-hybridized carbons (Fsp3) is 0.257. The summed E-state index contributed by atoms with van der Waals surface area (Å²) in [5.74, 6) is -1.25. The van der Waals surface area contributed by atoms with Gasteiger partial charge in [0.25, 0.3) is 0 Å². The molecule has 2 unspecified atom stereocenters. The molecule has 0 aliphatic carbocycles. The van der Waals surface area contributed by atoms with Gasteiger partial charge >= 0.3 is 5.97 Å². The molecular weight excluding hydrogens is 628 g/mol. The molecule has 0 bridgehead atoms. The zero-order valence-electron chi connectivity index (χ0n) is 25.8. The number of carbonyl (C=O) groups excluding carboxylic acids is 2. The van der Waals surface area contributed by atoms with Gasteiger partial charge in [-0.2, -0.15) is 0 Å². The van der Waals surface area contributed by atoms with E-state index in [0.717, 1.165) is 11.6 Å². The van der Waals surface area contributed by atoms with Gasteiger partial charge in [-0.1, -0.05) is 18.2 Å². The monoisotopic (exact) mass is 660 g/mol. The molecule has 13 nitrogen and oxygen atoms in total.